The van der Waals surface area contributed by atoms with E-state index >= 15 is 0 Å². The Balaban J connectivity index is 3.04. The van der Waals surface area contributed by atoms with E-state index in [1.807, 2.05) is 5.16 Å². The van der Waals surface area contributed by atoms with Gasteiger partial charge in [0.1, 0.15) is 5.02 Å². The Labute approximate surface area is 76.1 Å². The van der Waals surface area contributed by atoms with Crippen LogP contribution in [-0.2, 0) is 0 Å². The van der Waals surface area contributed by atoms with Crippen molar-refractivity contribution in [1.82, 2.24) is 5.16 Å². The van der Waals surface area contributed by atoms with Gasteiger partial charge < -0.3 is 14.7 Å². The molecule has 0 atom stereocenters. The summed E-state index contributed by atoms with van der Waals surface area (Å²) >= 11 is 5.58. The number of aromatic hydroxyl groups is 2. The molecule has 0 spiro atoms. The highest BCUT2D eigenvalue weighted by molar-refractivity contribution is 6.36. The zero-order valence-electron chi connectivity index (χ0n) is 6.17. The average molecular weight is 202 g/mol. The van der Waals surface area contributed by atoms with Crippen molar-refractivity contribution in [2.75, 3.05) is 0 Å². The van der Waals surface area contributed by atoms with E-state index in [9.17, 15) is 4.79 Å². The van der Waals surface area contributed by atoms with Gasteiger partial charge >= 0.3 is 0 Å². The molecule has 0 amide bonds. The zero-order valence-corrected chi connectivity index (χ0v) is 6.92. The van der Waals surface area contributed by atoms with Gasteiger partial charge in [0.25, 0.3) is 5.56 Å². The standard InChI is InChI=1S/C7H4ClNO4/c8-4-5(11)3(10)1-2-6(4)13-9-7(2)12/h1,10-11H,(H,9,12). The van der Waals surface area contributed by atoms with Crippen LogP contribution in [-0.4, -0.2) is 15.4 Å². The van der Waals surface area contributed by atoms with Gasteiger partial charge in [0.2, 0.25) is 0 Å². The van der Waals surface area contributed by atoms with Crippen molar-refractivity contribution in [3.63, 3.8) is 0 Å². The van der Waals surface area contributed by atoms with Gasteiger partial charge in [-0.15, -0.1) is 0 Å². The second-order valence-corrected chi connectivity index (χ2v) is 2.85. The predicted octanol–water partition coefficient (Wildman–Crippen LogP) is 1.19. The summed E-state index contributed by atoms with van der Waals surface area (Å²) in [5, 5.41) is 20.2. The predicted molar refractivity (Wildman–Crippen MR) is 45.2 cm³/mol. The summed E-state index contributed by atoms with van der Waals surface area (Å²) in [5.74, 6) is -0.957. The Morgan fingerprint density at radius 3 is 2.85 bits per heavy atom. The summed E-state index contributed by atoms with van der Waals surface area (Å²) in [4.78, 5) is 11.0. The Hall–Kier alpha value is -1.62. The molecule has 2 aromatic rings. The Kier molecular flexibility index (Phi) is 1.50. The fourth-order valence-corrected chi connectivity index (χ4v) is 1.27. The maximum Gasteiger partial charge on any atom is 0.287 e. The minimum absolute atomic E-state index is 0.0296. The van der Waals surface area contributed by atoms with E-state index < -0.39 is 17.1 Å². The fourth-order valence-electron chi connectivity index (χ4n) is 1.03. The Bertz CT molecular complexity index is 527. The molecule has 68 valence electrons. The number of hydrogen-bond donors (Lipinski definition) is 3. The molecule has 0 unspecified atom stereocenters. The van der Waals surface area contributed by atoms with Gasteiger partial charge in [0, 0.05) is 6.07 Å². The first-order valence-corrected chi connectivity index (χ1v) is 3.70. The van der Waals surface area contributed by atoms with E-state index in [0.717, 1.165) is 6.07 Å². The van der Waals surface area contributed by atoms with Crippen LogP contribution in [0.25, 0.3) is 11.0 Å². The molecule has 0 aliphatic carbocycles. The molecule has 0 saturated heterocycles. The monoisotopic (exact) mass is 201 g/mol. The second kappa shape index (κ2) is 2.43. The molecule has 13 heavy (non-hydrogen) atoms. The molecule has 1 aromatic heterocycles. The lowest BCUT2D eigenvalue weighted by Gasteiger charge is -1.98. The van der Waals surface area contributed by atoms with E-state index in [1.54, 1.807) is 0 Å². The van der Waals surface area contributed by atoms with Crippen molar-refractivity contribution in [3.05, 3.63) is 21.4 Å². The van der Waals surface area contributed by atoms with Crippen LogP contribution in [0.5, 0.6) is 11.5 Å². The summed E-state index contributed by atoms with van der Waals surface area (Å²) in [6.45, 7) is 0. The maximum atomic E-state index is 11.0. The van der Waals surface area contributed by atoms with Crippen LogP contribution >= 0.6 is 11.6 Å². The van der Waals surface area contributed by atoms with Crippen LogP contribution in [0.15, 0.2) is 15.4 Å². The molecule has 0 radical (unpaired) electrons. The van der Waals surface area contributed by atoms with Crippen LogP contribution < -0.4 is 5.56 Å². The van der Waals surface area contributed by atoms with Gasteiger partial charge in [-0.1, -0.05) is 11.6 Å². The molecular weight excluding hydrogens is 198 g/mol. The number of nitrogens with one attached hydrogen (secondary N) is 1. The second-order valence-electron chi connectivity index (χ2n) is 2.47. The summed E-state index contributed by atoms with van der Waals surface area (Å²) < 4.78 is 4.67. The van der Waals surface area contributed by atoms with Gasteiger partial charge in [-0.25, -0.2) is 0 Å². The van der Waals surface area contributed by atoms with Gasteiger partial charge in [-0.05, 0) is 0 Å². The highest BCUT2D eigenvalue weighted by Crippen LogP contribution is 2.37. The molecule has 0 fully saturated rings. The highest BCUT2D eigenvalue weighted by Gasteiger charge is 2.15. The van der Waals surface area contributed by atoms with E-state index in [0.29, 0.717) is 0 Å². The van der Waals surface area contributed by atoms with Crippen molar-refractivity contribution in [3.8, 4) is 11.5 Å². The highest BCUT2D eigenvalue weighted by atomic mass is 35.5. The van der Waals surface area contributed by atoms with Gasteiger partial charge in [0.05, 0.1) is 5.39 Å². The molecule has 6 heteroatoms. The van der Waals surface area contributed by atoms with Crippen LogP contribution in [0.2, 0.25) is 5.02 Å². The first-order chi connectivity index (χ1) is 6.11. The molecule has 2 rings (SSSR count). The Morgan fingerprint density at radius 2 is 2.15 bits per heavy atom. The number of phenolic OH excluding ortho intramolecular Hbond substituents is 2. The number of aromatic amines is 1. The Morgan fingerprint density at radius 1 is 1.46 bits per heavy atom. The lowest BCUT2D eigenvalue weighted by molar-refractivity contribution is 0.402. The van der Waals surface area contributed by atoms with Crippen molar-refractivity contribution >= 4 is 22.6 Å². The SMILES string of the molecule is O=c1[nH]oc2c(Cl)c(O)c(O)cc12. The lowest BCUT2D eigenvalue weighted by atomic mass is 10.2. The molecule has 3 N–H and O–H groups in total. The quantitative estimate of drug-likeness (QED) is 0.559. The largest absolute Gasteiger partial charge is 0.504 e. The molecule has 1 aromatic carbocycles. The number of phenols is 2. The third kappa shape index (κ3) is 0.972. The molecule has 0 bridgehead atoms. The minimum Gasteiger partial charge on any atom is -0.504 e. The number of aromatic nitrogens is 1. The van der Waals surface area contributed by atoms with E-state index in [1.165, 1.54) is 0 Å². The summed E-state index contributed by atoms with van der Waals surface area (Å²) in [6, 6.07) is 1.08. The molecule has 0 aliphatic rings. The topological polar surface area (TPSA) is 86.5 Å². The van der Waals surface area contributed by atoms with Crippen molar-refractivity contribution in [1.29, 1.82) is 0 Å². The van der Waals surface area contributed by atoms with Crippen LogP contribution in [0.1, 0.15) is 0 Å². The number of rotatable bonds is 0. The van der Waals surface area contributed by atoms with Crippen molar-refractivity contribution in [2.24, 2.45) is 0 Å². The summed E-state index contributed by atoms with van der Waals surface area (Å²) in [7, 11) is 0. The molecule has 1 heterocycles. The summed E-state index contributed by atoms with van der Waals surface area (Å²) in [6.07, 6.45) is 0. The average Bonchev–Trinajstić information content (AvgIpc) is 2.45. The molecule has 5 nitrogen and oxygen atoms in total. The number of benzene rings is 1. The number of halogens is 1. The number of H-pyrrole nitrogens is 1. The van der Waals surface area contributed by atoms with Crippen molar-refractivity contribution < 1.29 is 14.7 Å². The minimum atomic E-state index is -0.507. The van der Waals surface area contributed by atoms with Crippen LogP contribution in [0.3, 0.4) is 0 Å². The molecule has 0 saturated carbocycles. The van der Waals surface area contributed by atoms with E-state index in [2.05, 4.69) is 4.52 Å². The van der Waals surface area contributed by atoms with Crippen LogP contribution in [0, 0.1) is 0 Å². The summed E-state index contributed by atoms with van der Waals surface area (Å²) in [5.41, 5.74) is -0.478. The van der Waals surface area contributed by atoms with Crippen LogP contribution in [0.4, 0.5) is 0 Å². The first-order valence-electron chi connectivity index (χ1n) is 3.33. The maximum absolute atomic E-state index is 11.0. The fraction of sp³-hybridized carbons (Fsp3) is 0. The van der Waals surface area contributed by atoms with Gasteiger partial charge in [0.15, 0.2) is 17.1 Å². The van der Waals surface area contributed by atoms with E-state index in [4.69, 9.17) is 21.8 Å². The van der Waals surface area contributed by atoms with Gasteiger partial charge in [-0.3, -0.25) is 4.79 Å². The third-order valence-electron chi connectivity index (χ3n) is 1.67. The van der Waals surface area contributed by atoms with Gasteiger partial charge in [-0.2, -0.15) is 5.16 Å². The third-order valence-corrected chi connectivity index (χ3v) is 2.02. The zero-order chi connectivity index (χ0) is 9.59. The molecular formula is C7H4ClNO4. The smallest absolute Gasteiger partial charge is 0.287 e. The number of hydrogen-bond acceptors (Lipinski definition) is 4. The number of fused-ring (bicyclic) bond motifs is 1. The molecule has 0 aliphatic heterocycles. The first kappa shape index (κ1) is 8.00. The van der Waals surface area contributed by atoms with Crippen molar-refractivity contribution in [2.45, 2.75) is 0 Å². The lowest BCUT2D eigenvalue weighted by Crippen LogP contribution is -1.96. The van der Waals surface area contributed by atoms with E-state index in [-0.39, 0.29) is 16.0 Å². The normalized spacial score (nSPS) is 10.8.